The average Bonchev–Trinajstić information content (AvgIpc) is 3.54. The summed E-state index contributed by atoms with van der Waals surface area (Å²) >= 11 is 0. The van der Waals surface area contributed by atoms with Gasteiger partial charge in [0, 0.05) is 46.5 Å². The van der Waals surface area contributed by atoms with E-state index in [0.717, 1.165) is 33.3 Å². The largest absolute Gasteiger partial charge is 0.352 e. The van der Waals surface area contributed by atoms with Crippen LogP contribution in [0, 0.1) is 5.92 Å². The van der Waals surface area contributed by atoms with Gasteiger partial charge >= 0.3 is 0 Å². The third kappa shape index (κ3) is 4.57. The Bertz CT molecular complexity index is 1420. The number of rotatable bonds is 8. The summed E-state index contributed by atoms with van der Waals surface area (Å²) < 4.78 is 0. The number of nitrogens with two attached hydrogens (primary N) is 1. The molecule has 0 fully saturated rings. The fourth-order valence-electron chi connectivity index (χ4n) is 3.80. The molecule has 8 heteroatoms. The first-order valence-corrected chi connectivity index (χ1v) is 11.1. The van der Waals surface area contributed by atoms with Crippen LogP contribution in [0.15, 0.2) is 73.2 Å². The monoisotopic (exact) mass is 451 g/mol. The second kappa shape index (κ2) is 9.29. The SMILES string of the molecule is C[C@@H](CN)CC(=O)c1cc2ccc(-c3nccc(Nc4ccc(-c5cn[nH]c5)cc4)n3)cc2[nH]1. The van der Waals surface area contributed by atoms with Crippen LogP contribution >= 0.6 is 0 Å². The Labute approximate surface area is 196 Å². The van der Waals surface area contributed by atoms with E-state index in [4.69, 9.17) is 5.73 Å². The molecular weight excluding hydrogens is 426 g/mol. The Morgan fingerprint density at radius 2 is 1.88 bits per heavy atom. The Balaban J connectivity index is 1.35. The zero-order chi connectivity index (χ0) is 23.5. The number of H-pyrrole nitrogens is 2. The van der Waals surface area contributed by atoms with Crippen molar-refractivity contribution in [1.29, 1.82) is 0 Å². The Hall–Kier alpha value is -4.30. The summed E-state index contributed by atoms with van der Waals surface area (Å²) in [4.78, 5) is 24.9. The average molecular weight is 452 g/mol. The lowest BCUT2D eigenvalue weighted by Gasteiger charge is -2.08. The number of nitrogens with zero attached hydrogens (tertiary/aromatic N) is 3. The highest BCUT2D eigenvalue weighted by Crippen LogP contribution is 2.26. The van der Waals surface area contributed by atoms with Crippen molar-refractivity contribution >= 4 is 28.2 Å². The Morgan fingerprint density at radius 1 is 1.06 bits per heavy atom. The molecule has 0 saturated carbocycles. The lowest BCUT2D eigenvalue weighted by molar-refractivity contribution is 0.0962. The third-order valence-corrected chi connectivity index (χ3v) is 5.76. The van der Waals surface area contributed by atoms with Crippen LogP contribution in [0.25, 0.3) is 33.4 Å². The molecule has 0 spiro atoms. The van der Waals surface area contributed by atoms with Gasteiger partial charge in [-0.3, -0.25) is 9.89 Å². The number of aromatic amines is 2. The molecule has 8 nitrogen and oxygen atoms in total. The Kier molecular flexibility index (Phi) is 5.88. The molecule has 0 radical (unpaired) electrons. The van der Waals surface area contributed by atoms with Crippen LogP contribution in [0.4, 0.5) is 11.5 Å². The first kappa shape index (κ1) is 21.5. The van der Waals surface area contributed by atoms with Crippen molar-refractivity contribution in [3.8, 4) is 22.5 Å². The fraction of sp³-hybridized carbons (Fsp3) is 0.154. The van der Waals surface area contributed by atoms with E-state index in [-0.39, 0.29) is 11.7 Å². The molecule has 1 atom stereocenters. The minimum atomic E-state index is 0.0666. The molecular formula is C26H25N7O. The van der Waals surface area contributed by atoms with Crippen molar-refractivity contribution in [2.45, 2.75) is 13.3 Å². The first-order chi connectivity index (χ1) is 16.6. The number of carbonyl (C=O) groups is 1. The maximum Gasteiger partial charge on any atom is 0.179 e. The van der Waals surface area contributed by atoms with E-state index in [1.165, 1.54) is 0 Å². The van der Waals surface area contributed by atoms with Gasteiger partial charge in [-0.2, -0.15) is 5.10 Å². The molecule has 0 amide bonds. The van der Waals surface area contributed by atoms with E-state index in [0.29, 0.717) is 30.3 Å². The molecule has 3 heterocycles. The van der Waals surface area contributed by atoms with E-state index in [1.54, 1.807) is 12.4 Å². The predicted molar refractivity (Wildman–Crippen MR) is 134 cm³/mol. The van der Waals surface area contributed by atoms with Crippen LogP contribution in [-0.4, -0.2) is 37.5 Å². The number of ketones is 1. The third-order valence-electron chi connectivity index (χ3n) is 5.76. The summed E-state index contributed by atoms with van der Waals surface area (Å²) in [6.45, 7) is 2.47. The predicted octanol–water partition coefficient (Wildman–Crippen LogP) is 4.93. The summed E-state index contributed by atoms with van der Waals surface area (Å²) in [6, 6.07) is 17.7. The number of carbonyl (C=O) groups excluding carboxylic acids is 1. The van der Waals surface area contributed by atoms with Gasteiger partial charge in [0.25, 0.3) is 0 Å². The van der Waals surface area contributed by atoms with E-state index in [9.17, 15) is 4.79 Å². The molecule has 5 N–H and O–H groups in total. The molecule has 5 aromatic rings. The van der Waals surface area contributed by atoms with Gasteiger partial charge in [-0.25, -0.2) is 9.97 Å². The van der Waals surface area contributed by atoms with Crippen LogP contribution in [0.3, 0.4) is 0 Å². The highest BCUT2D eigenvalue weighted by atomic mass is 16.1. The lowest BCUT2D eigenvalue weighted by Crippen LogP contribution is -2.15. The van der Waals surface area contributed by atoms with Gasteiger partial charge < -0.3 is 16.0 Å². The molecule has 0 saturated heterocycles. The Morgan fingerprint density at radius 3 is 2.65 bits per heavy atom. The highest BCUT2D eigenvalue weighted by Gasteiger charge is 2.14. The lowest BCUT2D eigenvalue weighted by atomic mass is 10.0. The molecule has 170 valence electrons. The minimum Gasteiger partial charge on any atom is -0.352 e. The van der Waals surface area contributed by atoms with Gasteiger partial charge in [0.1, 0.15) is 5.82 Å². The molecule has 34 heavy (non-hydrogen) atoms. The van der Waals surface area contributed by atoms with Crippen molar-refractivity contribution in [3.63, 3.8) is 0 Å². The second-order valence-corrected chi connectivity index (χ2v) is 8.41. The maximum atomic E-state index is 12.5. The minimum absolute atomic E-state index is 0.0666. The molecule has 0 aliphatic carbocycles. The maximum absolute atomic E-state index is 12.5. The molecule has 5 rings (SSSR count). The van der Waals surface area contributed by atoms with Gasteiger partial charge in [-0.05, 0) is 48.4 Å². The van der Waals surface area contributed by atoms with Crippen molar-refractivity contribution in [3.05, 3.63) is 78.9 Å². The summed E-state index contributed by atoms with van der Waals surface area (Å²) in [5.74, 6) is 1.51. The molecule has 0 aliphatic rings. The first-order valence-electron chi connectivity index (χ1n) is 11.1. The van der Waals surface area contributed by atoms with Crippen LogP contribution in [0.5, 0.6) is 0 Å². The van der Waals surface area contributed by atoms with Crippen LogP contribution < -0.4 is 11.1 Å². The number of benzene rings is 2. The van der Waals surface area contributed by atoms with Crippen LogP contribution in [0.1, 0.15) is 23.8 Å². The van der Waals surface area contributed by atoms with Crippen molar-refractivity contribution in [2.24, 2.45) is 11.7 Å². The van der Waals surface area contributed by atoms with Crippen molar-refractivity contribution in [1.82, 2.24) is 25.1 Å². The van der Waals surface area contributed by atoms with Gasteiger partial charge in [-0.15, -0.1) is 0 Å². The normalized spacial score (nSPS) is 12.1. The van der Waals surface area contributed by atoms with Crippen molar-refractivity contribution < 1.29 is 4.79 Å². The van der Waals surface area contributed by atoms with E-state index in [2.05, 4.69) is 30.5 Å². The van der Waals surface area contributed by atoms with Gasteiger partial charge in [-0.1, -0.05) is 31.2 Å². The number of hydrogen-bond acceptors (Lipinski definition) is 6. The molecule has 2 aromatic carbocycles. The van der Waals surface area contributed by atoms with Crippen LogP contribution in [0.2, 0.25) is 0 Å². The molecule has 0 unspecified atom stereocenters. The van der Waals surface area contributed by atoms with Gasteiger partial charge in [0.05, 0.1) is 11.9 Å². The van der Waals surface area contributed by atoms with Crippen molar-refractivity contribution in [2.75, 3.05) is 11.9 Å². The van der Waals surface area contributed by atoms with E-state index < -0.39 is 0 Å². The summed E-state index contributed by atoms with van der Waals surface area (Å²) in [6.07, 6.45) is 5.81. The molecule has 3 aromatic heterocycles. The van der Waals surface area contributed by atoms with E-state index >= 15 is 0 Å². The van der Waals surface area contributed by atoms with Gasteiger partial charge in [0.15, 0.2) is 11.6 Å². The number of anilines is 2. The smallest absolute Gasteiger partial charge is 0.179 e. The number of hydrogen-bond donors (Lipinski definition) is 4. The number of fused-ring (bicyclic) bond motifs is 1. The van der Waals surface area contributed by atoms with Gasteiger partial charge in [0.2, 0.25) is 0 Å². The molecule has 0 aliphatic heterocycles. The molecule has 0 bridgehead atoms. The summed E-state index contributed by atoms with van der Waals surface area (Å²) in [5.41, 5.74) is 11.0. The summed E-state index contributed by atoms with van der Waals surface area (Å²) in [7, 11) is 0. The number of Topliss-reactive ketones (excluding diaryl/α,β-unsaturated/α-hetero) is 1. The second-order valence-electron chi connectivity index (χ2n) is 8.41. The number of nitrogens with one attached hydrogen (secondary N) is 3. The van der Waals surface area contributed by atoms with Crippen LogP contribution in [-0.2, 0) is 0 Å². The zero-order valence-corrected chi connectivity index (χ0v) is 18.7. The fourth-order valence-corrected chi connectivity index (χ4v) is 3.80. The zero-order valence-electron chi connectivity index (χ0n) is 18.7. The summed E-state index contributed by atoms with van der Waals surface area (Å²) in [5, 5.41) is 11.1. The number of aromatic nitrogens is 5. The highest BCUT2D eigenvalue weighted by molar-refractivity contribution is 6.00. The standard InChI is InChI=1S/C26H25N7O/c1-16(13-27)10-24(34)23-11-18-2-3-19(12-22(18)32-23)26-28-9-8-25(33-26)31-21-6-4-17(5-7-21)20-14-29-30-15-20/h2-9,11-12,14-16,32H,10,13,27H2,1H3,(H,29,30)(H,28,31,33)/t16-/m1/s1. The topological polar surface area (TPSA) is 125 Å². The quantitative estimate of drug-likeness (QED) is 0.248. The van der Waals surface area contributed by atoms with E-state index in [1.807, 2.05) is 67.7 Å².